The largest absolute Gasteiger partial charge is 0.490 e. The second-order valence-corrected chi connectivity index (χ2v) is 7.14. The summed E-state index contributed by atoms with van der Waals surface area (Å²) in [7, 11) is 0. The van der Waals surface area contributed by atoms with Gasteiger partial charge in [-0.25, -0.2) is 4.79 Å². The minimum Gasteiger partial charge on any atom is -0.490 e. The first-order chi connectivity index (χ1) is 15.0. The van der Waals surface area contributed by atoms with E-state index in [4.69, 9.17) is 14.2 Å². The summed E-state index contributed by atoms with van der Waals surface area (Å²) in [4.78, 5) is 38.4. The van der Waals surface area contributed by atoms with Gasteiger partial charge in [-0.3, -0.25) is 9.59 Å². The van der Waals surface area contributed by atoms with Crippen LogP contribution in [0.3, 0.4) is 0 Å². The lowest BCUT2D eigenvalue weighted by atomic mass is 10.1. The molecule has 1 amide bonds. The molecule has 0 N–H and O–H groups in total. The van der Waals surface area contributed by atoms with Gasteiger partial charge >= 0.3 is 5.97 Å². The first-order valence-corrected chi connectivity index (χ1v) is 10.5. The lowest BCUT2D eigenvalue weighted by Crippen LogP contribution is -2.23. The molecule has 0 spiro atoms. The van der Waals surface area contributed by atoms with Crippen molar-refractivity contribution in [1.82, 2.24) is 0 Å². The third kappa shape index (κ3) is 5.63. The second-order valence-electron chi connectivity index (χ2n) is 7.14. The first-order valence-electron chi connectivity index (χ1n) is 10.5. The molecule has 3 rings (SSSR count). The zero-order valence-electron chi connectivity index (χ0n) is 17.9. The van der Waals surface area contributed by atoms with Crippen LogP contribution in [-0.2, 0) is 9.53 Å². The number of benzene rings is 2. The van der Waals surface area contributed by atoms with E-state index < -0.39 is 5.97 Å². The zero-order valence-corrected chi connectivity index (χ0v) is 17.9. The SMILES string of the molecule is CCCOc1ccc(C(=O)OCC(=O)c2ccc(N3CCCC3=O)cc2)cc1OCC. The van der Waals surface area contributed by atoms with E-state index in [0.29, 0.717) is 43.2 Å². The summed E-state index contributed by atoms with van der Waals surface area (Å²) < 4.78 is 16.4. The third-order valence-electron chi connectivity index (χ3n) is 4.85. The molecule has 2 aromatic rings. The Kier molecular flexibility index (Phi) is 7.65. The summed E-state index contributed by atoms with van der Waals surface area (Å²) in [5.74, 6) is 0.179. The molecule has 1 aliphatic heterocycles. The van der Waals surface area contributed by atoms with E-state index in [1.165, 1.54) is 0 Å². The number of carbonyl (C=O) groups is 3. The third-order valence-corrected chi connectivity index (χ3v) is 4.85. The van der Waals surface area contributed by atoms with Crippen molar-refractivity contribution < 1.29 is 28.6 Å². The maximum absolute atomic E-state index is 12.4. The number of amides is 1. The monoisotopic (exact) mass is 425 g/mol. The van der Waals surface area contributed by atoms with Crippen LogP contribution in [0, 0.1) is 0 Å². The number of anilines is 1. The molecular weight excluding hydrogens is 398 g/mol. The predicted molar refractivity (Wildman–Crippen MR) is 116 cm³/mol. The molecule has 1 heterocycles. The molecule has 0 aromatic heterocycles. The van der Waals surface area contributed by atoms with Crippen LogP contribution in [0.5, 0.6) is 11.5 Å². The van der Waals surface area contributed by atoms with E-state index in [9.17, 15) is 14.4 Å². The number of esters is 1. The Morgan fingerprint density at radius 3 is 2.35 bits per heavy atom. The minimum atomic E-state index is -0.615. The molecule has 0 atom stereocenters. The van der Waals surface area contributed by atoms with Crippen molar-refractivity contribution in [3.8, 4) is 11.5 Å². The minimum absolute atomic E-state index is 0.0885. The van der Waals surface area contributed by atoms with E-state index in [1.54, 1.807) is 47.4 Å². The molecular formula is C24H27NO6. The van der Waals surface area contributed by atoms with Crippen molar-refractivity contribution in [2.24, 2.45) is 0 Å². The Balaban J connectivity index is 1.60. The van der Waals surface area contributed by atoms with E-state index in [-0.39, 0.29) is 23.9 Å². The topological polar surface area (TPSA) is 82.1 Å². The van der Waals surface area contributed by atoms with E-state index in [0.717, 1.165) is 18.5 Å². The Morgan fingerprint density at radius 2 is 1.71 bits per heavy atom. The van der Waals surface area contributed by atoms with Crippen LogP contribution in [0.15, 0.2) is 42.5 Å². The highest BCUT2D eigenvalue weighted by molar-refractivity contribution is 6.00. The lowest BCUT2D eigenvalue weighted by Gasteiger charge is -2.15. The van der Waals surface area contributed by atoms with Gasteiger partial charge in [0, 0.05) is 24.2 Å². The van der Waals surface area contributed by atoms with Crippen LogP contribution in [-0.4, -0.2) is 44.0 Å². The fourth-order valence-corrected chi connectivity index (χ4v) is 3.28. The molecule has 7 nitrogen and oxygen atoms in total. The summed E-state index contributed by atoms with van der Waals surface area (Å²) in [6.07, 6.45) is 2.24. The van der Waals surface area contributed by atoms with Crippen LogP contribution >= 0.6 is 0 Å². The summed E-state index contributed by atoms with van der Waals surface area (Å²) >= 11 is 0. The predicted octanol–water partition coefficient (Wildman–Crippen LogP) is 4.04. The molecule has 2 aromatic carbocycles. The highest BCUT2D eigenvalue weighted by atomic mass is 16.5. The van der Waals surface area contributed by atoms with Gasteiger partial charge < -0.3 is 19.1 Å². The molecule has 0 bridgehead atoms. The summed E-state index contributed by atoms with van der Waals surface area (Å²) in [6.45, 7) is 5.14. The Hall–Kier alpha value is -3.35. The van der Waals surface area contributed by atoms with Crippen LogP contribution in [0.1, 0.15) is 53.8 Å². The molecule has 1 aliphatic rings. The summed E-state index contributed by atoms with van der Waals surface area (Å²) in [5.41, 5.74) is 1.47. The second kappa shape index (κ2) is 10.6. The normalized spacial score (nSPS) is 13.2. The highest BCUT2D eigenvalue weighted by Gasteiger charge is 2.22. The highest BCUT2D eigenvalue weighted by Crippen LogP contribution is 2.29. The van der Waals surface area contributed by atoms with Gasteiger partial charge in [0.15, 0.2) is 23.9 Å². The van der Waals surface area contributed by atoms with Gasteiger partial charge in [0.2, 0.25) is 5.91 Å². The van der Waals surface area contributed by atoms with Crippen molar-refractivity contribution in [2.45, 2.75) is 33.1 Å². The van der Waals surface area contributed by atoms with Crippen LogP contribution in [0.2, 0.25) is 0 Å². The molecule has 0 aliphatic carbocycles. The molecule has 0 radical (unpaired) electrons. The lowest BCUT2D eigenvalue weighted by molar-refractivity contribution is -0.117. The van der Waals surface area contributed by atoms with Crippen molar-refractivity contribution >= 4 is 23.3 Å². The number of Topliss-reactive ketones (excluding diaryl/α,β-unsaturated/α-hetero) is 1. The van der Waals surface area contributed by atoms with Crippen LogP contribution in [0.4, 0.5) is 5.69 Å². The number of ether oxygens (including phenoxy) is 3. The molecule has 31 heavy (non-hydrogen) atoms. The number of hydrogen-bond donors (Lipinski definition) is 0. The van der Waals surface area contributed by atoms with Gasteiger partial charge in [-0.1, -0.05) is 6.92 Å². The first kappa shape index (κ1) is 22.3. The fraction of sp³-hybridized carbons (Fsp3) is 0.375. The number of nitrogens with zero attached hydrogens (tertiary/aromatic N) is 1. The van der Waals surface area contributed by atoms with Crippen molar-refractivity contribution in [3.05, 3.63) is 53.6 Å². The fourth-order valence-electron chi connectivity index (χ4n) is 3.28. The van der Waals surface area contributed by atoms with Crippen molar-refractivity contribution in [2.75, 3.05) is 31.3 Å². The molecule has 164 valence electrons. The summed E-state index contributed by atoms with van der Waals surface area (Å²) in [5, 5.41) is 0. The van der Waals surface area contributed by atoms with Gasteiger partial charge in [0.05, 0.1) is 18.8 Å². The standard InChI is InChI=1S/C24H27NO6/c1-3-14-30-21-12-9-18(15-22(21)29-4-2)24(28)31-16-20(26)17-7-10-19(11-8-17)25-13-5-6-23(25)27/h7-12,15H,3-6,13-14,16H2,1-2H3. The molecule has 0 unspecified atom stereocenters. The number of hydrogen-bond acceptors (Lipinski definition) is 6. The average molecular weight is 425 g/mol. The molecule has 1 saturated heterocycles. The molecule has 0 saturated carbocycles. The number of ketones is 1. The number of carbonyl (C=O) groups excluding carboxylic acids is 3. The maximum atomic E-state index is 12.4. The van der Waals surface area contributed by atoms with Gasteiger partial charge in [-0.2, -0.15) is 0 Å². The van der Waals surface area contributed by atoms with Crippen molar-refractivity contribution in [1.29, 1.82) is 0 Å². The van der Waals surface area contributed by atoms with Gasteiger partial charge in [0.1, 0.15) is 0 Å². The van der Waals surface area contributed by atoms with Crippen molar-refractivity contribution in [3.63, 3.8) is 0 Å². The maximum Gasteiger partial charge on any atom is 0.338 e. The number of rotatable bonds is 10. The smallest absolute Gasteiger partial charge is 0.338 e. The van der Waals surface area contributed by atoms with E-state index in [1.807, 2.05) is 13.8 Å². The van der Waals surface area contributed by atoms with Crippen LogP contribution in [0.25, 0.3) is 0 Å². The van der Waals surface area contributed by atoms with Gasteiger partial charge in [0.25, 0.3) is 0 Å². The van der Waals surface area contributed by atoms with Gasteiger partial charge in [-0.05, 0) is 62.2 Å². The van der Waals surface area contributed by atoms with E-state index in [2.05, 4.69) is 0 Å². The Bertz CT molecular complexity index is 938. The molecule has 7 heteroatoms. The zero-order chi connectivity index (χ0) is 22.2. The Labute approximate surface area is 181 Å². The summed E-state index contributed by atoms with van der Waals surface area (Å²) in [6, 6.07) is 11.6. The van der Waals surface area contributed by atoms with Gasteiger partial charge in [-0.15, -0.1) is 0 Å². The average Bonchev–Trinajstić information content (AvgIpc) is 3.22. The van der Waals surface area contributed by atoms with E-state index >= 15 is 0 Å². The quantitative estimate of drug-likeness (QED) is 0.422. The van der Waals surface area contributed by atoms with Crippen LogP contribution < -0.4 is 14.4 Å². The molecule has 1 fully saturated rings. The Morgan fingerprint density at radius 1 is 0.968 bits per heavy atom.